The van der Waals surface area contributed by atoms with Crippen LogP contribution in [0.4, 0.5) is 0 Å². The lowest BCUT2D eigenvalue weighted by Crippen LogP contribution is -1.96. The molecule has 1 rings (SSSR count). The summed E-state index contributed by atoms with van der Waals surface area (Å²) >= 11 is 0. The Kier molecular flexibility index (Phi) is 3.73. The third-order valence-electron chi connectivity index (χ3n) is 1.95. The van der Waals surface area contributed by atoms with E-state index < -0.39 is 0 Å². The number of hydrogen-bond donors (Lipinski definition) is 1. The molecule has 0 aromatic heterocycles. The van der Waals surface area contributed by atoms with Crippen molar-refractivity contribution in [3.63, 3.8) is 0 Å². The molecule has 0 radical (unpaired) electrons. The van der Waals surface area contributed by atoms with Crippen LogP contribution in [0.15, 0.2) is 18.2 Å². The summed E-state index contributed by atoms with van der Waals surface area (Å²) in [6.07, 6.45) is 0.688. The first-order valence-corrected chi connectivity index (χ1v) is 4.18. The first-order valence-electron chi connectivity index (χ1n) is 4.18. The van der Waals surface area contributed by atoms with Crippen LogP contribution in [-0.4, -0.2) is 19.0 Å². The summed E-state index contributed by atoms with van der Waals surface area (Å²) in [5.74, 6) is 0.871. The van der Waals surface area contributed by atoms with Crippen molar-refractivity contribution in [1.29, 1.82) is 0 Å². The van der Waals surface area contributed by atoms with Crippen LogP contribution in [0.2, 0.25) is 0 Å². The molecular weight excluding hydrogens is 168 g/mol. The van der Waals surface area contributed by atoms with Crippen molar-refractivity contribution in [1.82, 2.24) is 0 Å². The number of benzene rings is 1. The van der Waals surface area contributed by atoms with Gasteiger partial charge in [0.15, 0.2) is 0 Å². The minimum absolute atomic E-state index is 0.312. The van der Waals surface area contributed by atoms with Crippen LogP contribution < -0.4 is 4.74 Å². The summed E-state index contributed by atoms with van der Waals surface area (Å²) in [5, 5.41) is 8.18. The Morgan fingerprint density at radius 2 is 2.15 bits per heavy atom. The molecule has 0 amide bonds. The van der Waals surface area contributed by atoms with E-state index in [2.05, 4.69) is 4.89 Å². The summed E-state index contributed by atoms with van der Waals surface area (Å²) in [6, 6.07) is 5.94. The molecule has 72 valence electrons. The number of aryl methyl sites for hydroxylation is 1. The van der Waals surface area contributed by atoms with Gasteiger partial charge in [-0.05, 0) is 30.5 Å². The van der Waals surface area contributed by atoms with Gasteiger partial charge in [-0.3, -0.25) is 5.26 Å². The fourth-order valence-corrected chi connectivity index (χ4v) is 1.18. The fraction of sp³-hybridized carbons (Fsp3) is 0.400. The van der Waals surface area contributed by atoms with E-state index in [-0.39, 0.29) is 0 Å². The average molecular weight is 182 g/mol. The zero-order valence-electron chi connectivity index (χ0n) is 7.91. The monoisotopic (exact) mass is 182 g/mol. The van der Waals surface area contributed by atoms with Gasteiger partial charge in [-0.2, -0.15) is 0 Å². The first kappa shape index (κ1) is 10.0. The average Bonchev–Trinajstić information content (AvgIpc) is 2.16. The van der Waals surface area contributed by atoms with Gasteiger partial charge in [0.25, 0.3) is 0 Å². The number of hydrogen-bond acceptors (Lipinski definition) is 3. The third-order valence-corrected chi connectivity index (χ3v) is 1.95. The number of ether oxygens (including phenoxy) is 1. The van der Waals surface area contributed by atoms with Gasteiger partial charge in [0.05, 0.1) is 13.7 Å². The van der Waals surface area contributed by atoms with Crippen LogP contribution in [0.25, 0.3) is 0 Å². The summed E-state index contributed by atoms with van der Waals surface area (Å²) in [4.78, 5) is 4.01. The fourth-order valence-electron chi connectivity index (χ4n) is 1.18. The molecule has 0 fully saturated rings. The smallest absolute Gasteiger partial charge is 0.122 e. The van der Waals surface area contributed by atoms with Crippen molar-refractivity contribution in [3.05, 3.63) is 29.3 Å². The predicted molar refractivity (Wildman–Crippen MR) is 50.0 cm³/mol. The highest BCUT2D eigenvalue weighted by molar-refractivity contribution is 5.36. The van der Waals surface area contributed by atoms with Gasteiger partial charge >= 0.3 is 0 Å². The molecule has 0 spiro atoms. The highest BCUT2D eigenvalue weighted by Crippen LogP contribution is 2.18. The molecule has 0 aliphatic carbocycles. The Labute approximate surface area is 77.8 Å². The van der Waals surface area contributed by atoms with Gasteiger partial charge in [-0.25, -0.2) is 4.89 Å². The highest BCUT2D eigenvalue weighted by atomic mass is 17.1. The van der Waals surface area contributed by atoms with E-state index in [0.29, 0.717) is 13.0 Å². The van der Waals surface area contributed by atoms with Crippen molar-refractivity contribution in [2.75, 3.05) is 13.7 Å². The van der Waals surface area contributed by atoms with E-state index in [9.17, 15) is 0 Å². The Balaban J connectivity index is 2.74. The van der Waals surface area contributed by atoms with E-state index in [1.54, 1.807) is 7.11 Å². The standard InChI is InChI=1S/C10H14O3/c1-8-3-4-9(5-6-13-11)7-10(8)12-2/h3-4,7,11H,5-6H2,1-2H3. The lowest BCUT2D eigenvalue weighted by molar-refractivity contribution is -0.241. The zero-order chi connectivity index (χ0) is 9.68. The topological polar surface area (TPSA) is 38.7 Å². The van der Waals surface area contributed by atoms with Gasteiger partial charge < -0.3 is 4.74 Å². The van der Waals surface area contributed by atoms with Crippen molar-refractivity contribution in [3.8, 4) is 5.75 Å². The van der Waals surface area contributed by atoms with Crippen LogP contribution in [-0.2, 0) is 11.3 Å². The highest BCUT2D eigenvalue weighted by Gasteiger charge is 1.99. The van der Waals surface area contributed by atoms with Gasteiger partial charge in [0.2, 0.25) is 0 Å². The molecule has 13 heavy (non-hydrogen) atoms. The van der Waals surface area contributed by atoms with Crippen LogP contribution >= 0.6 is 0 Å². The molecule has 0 saturated heterocycles. The van der Waals surface area contributed by atoms with Gasteiger partial charge in [-0.1, -0.05) is 12.1 Å². The van der Waals surface area contributed by atoms with Gasteiger partial charge in [0, 0.05) is 0 Å². The molecule has 0 unspecified atom stereocenters. The number of rotatable bonds is 4. The van der Waals surface area contributed by atoms with Crippen LogP contribution in [0, 0.1) is 6.92 Å². The molecule has 0 heterocycles. The van der Waals surface area contributed by atoms with E-state index in [4.69, 9.17) is 9.99 Å². The molecule has 3 nitrogen and oxygen atoms in total. The summed E-state index contributed by atoms with van der Waals surface area (Å²) < 4.78 is 5.16. The Morgan fingerprint density at radius 1 is 1.38 bits per heavy atom. The molecule has 0 atom stereocenters. The Hall–Kier alpha value is -1.06. The van der Waals surface area contributed by atoms with E-state index in [0.717, 1.165) is 16.9 Å². The predicted octanol–water partition coefficient (Wildman–Crippen LogP) is 2.04. The minimum Gasteiger partial charge on any atom is -0.496 e. The van der Waals surface area contributed by atoms with E-state index in [1.807, 2.05) is 25.1 Å². The second-order valence-electron chi connectivity index (χ2n) is 2.89. The van der Waals surface area contributed by atoms with Crippen molar-refractivity contribution < 1.29 is 14.9 Å². The molecular formula is C10H14O3. The summed E-state index contributed by atoms with van der Waals surface area (Å²) in [7, 11) is 1.65. The molecule has 0 bridgehead atoms. The molecule has 0 saturated carbocycles. The SMILES string of the molecule is COc1cc(CCOO)ccc1C. The maximum Gasteiger partial charge on any atom is 0.122 e. The lowest BCUT2D eigenvalue weighted by Gasteiger charge is -2.06. The van der Waals surface area contributed by atoms with Gasteiger partial charge in [0.1, 0.15) is 5.75 Å². The van der Waals surface area contributed by atoms with Crippen LogP contribution in [0.1, 0.15) is 11.1 Å². The molecule has 0 aliphatic heterocycles. The second kappa shape index (κ2) is 4.84. The van der Waals surface area contributed by atoms with Crippen molar-refractivity contribution in [2.24, 2.45) is 0 Å². The van der Waals surface area contributed by atoms with Crippen molar-refractivity contribution >= 4 is 0 Å². The maximum atomic E-state index is 8.18. The van der Waals surface area contributed by atoms with Crippen molar-refractivity contribution in [2.45, 2.75) is 13.3 Å². The first-order chi connectivity index (χ1) is 6.27. The quantitative estimate of drug-likeness (QED) is 0.572. The lowest BCUT2D eigenvalue weighted by atomic mass is 10.1. The molecule has 0 aliphatic rings. The van der Waals surface area contributed by atoms with E-state index in [1.165, 1.54) is 0 Å². The molecule has 1 aromatic carbocycles. The second-order valence-corrected chi connectivity index (χ2v) is 2.89. The Morgan fingerprint density at radius 3 is 2.77 bits per heavy atom. The molecule has 3 heteroatoms. The largest absolute Gasteiger partial charge is 0.496 e. The molecule has 1 N–H and O–H groups in total. The van der Waals surface area contributed by atoms with Gasteiger partial charge in [-0.15, -0.1) is 0 Å². The van der Waals surface area contributed by atoms with Crippen LogP contribution in [0.3, 0.4) is 0 Å². The third kappa shape index (κ3) is 2.72. The van der Waals surface area contributed by atoms with E-state index >= 15 is 0 Å². The summed E-state index contributed by atoms with van der Waals surface area (Å²) in [5.41, 5.74) is 2.20. The minimum atomic E-state index is 0.312. The maximum absolute atomic E-state index is 8.18. The van der Waals surface area contributed by atoms with Crippen LogP contribution in [0.5, 0.6) is 5.75 Å². The normalized spacial score (nSPS) is 10.1. The Bertz CT molecular complexity index is 271. The summed E-state index contributed by atoms with van der Waals surface area (Å²) in [6.45, 7) is 2.30. The number of methoxy groups -OCH3 is 1. The zero-order valence-corrected chi connectivity index (χ0v) is 7.91. The molecule has 1 aromatic rings.